The van der Waals surface area contributed by atoms with Crippen LogP contribution in [0.3, 0.4) is 0 Å². The highest BCUT2D eigenvalue weighted by molar-refractivity contribution is 14.1. The highest BCUT2D eigenvalue weighted by Gasteiger charge is 2.17. The smallest absolute Gasteiger partial charge is 0.261 e. The van der Waals surface area contributed by atoms with Gasteiger partial charge >= 0.3 is 0 Å². The van der Waals surface area contributed by atoms with Gasteiger partial charge in [0.1, 0.15) is 0 Å². The lowest BCUT2D eigenvalue weighted by Crippen LogP contribution is -2.15. The van der Waals surface area contributed by atoms with Gasteiger partial charge in [-0.2, -0.15) is 0 Å². The number of hydrogen-bond donors (Lipinski definition) is 1. The van der Waals surface area contributed by atoms with Crippen molar-refractivity contribution in [3.05, 3.63) is 57.2 Å². The molecule has 0 aliphatic heterocycles. The highest BCUT2D eigenvalue weighted by atomic mass is 127. The Labute approximate surface area is 137 Å². The Morgan fingerprint density at radius 2 is 1.71 bits per heavy atom. The van der Waals surface area contributed by atoms with Crippen LogP contribution in [0, 0.1) is 10.5 Å². The van der Waals surface area contributed by atoms with E-state index in [0.29, 0.717) is 11.3 Å². The second-order valence-electron chi connectivity index (χ2n) is 4.66. The molecular weight excluding hydrogens is 401 g/mol. The van der Waals surface area contributed by atoms with E-state index in [0.717, 1.165) is 9.13 Å². The number of halogens is 1. The van der Waals surface area contributed by atoms with Crippen LogP contribution in [0.25, 0.3) is 0 Å². The monoisotopic (exact) mass is 415 g/mol. The maximum Gasteiger partial charge on any atom is 0.261 e. The molecule has 0 amide bonds. The van der Waals surface area contributed by atoms with Gasteiger partial charge in [-0.3, -0.25) is 9.52 Å². The molecule has 0 spiro atoms. The highest BCUT2D eigenvalue weighted by Crippen LogP contribution is 2.23. The number of sulfonamides is 1. The average Bonchev–Trinajstić information content (AvgIpc) is 2.38. The first-order valence-corrected chi connectivity index (χ1v) is 8.76. The minimum atomic E-state index is -3.71. The van der Waals surface area contributed by atoms with Gasteiger partial charge in [0.2, 0.25) is 0 Å². The Morgan fingerprint density at radius 3 is 2.29 bits per heavy atom. The molecule has 21 heavy (non-hydrogen) atoms. The molecule has 1 N–H and O–H groups in total. The number of ketones is 1. The van der Waals surface area contributed by atoms with E-state index in [9.17, 15) is 13.2 Å². The zero-order valence-electron chi connectivity index (χ0n) is 11.6. The van der Waals surface area contributed by atoms with Gasteiger partial charge in [0.05, 0.1) is 10.6 Å². The average molecular weight is 415 g/mol. The van der Waals surface area contributed by atoms with Crippen molar-refractivity contribution in [3.8, 4) is 0 Å². The normalized spacial score (nSPS) is 11.2. The summed E-state index contributed by atoms with van der Waals surface area (Å²) in [5.41, 5.74) is 1.63. The van der Waals surface area contributed by atoms with Crippen LogP contribution in [0.15, 0.2) is 47.4 Å². The molecule has 0 saturated carbocycles. The third-order valence-electron chi connectivity index (χ3n) is 2.94. The summed E-state index contributed by atoms with van der Waals surface area (Å²) in [5.74, 6) is -0.187. The zero-order chi connectivity index (χ0) is 15.6. The van der Waals surface area contributed by atoms with Gasteiger partial charge in [0, 0.05) is 9.13 Å². The van der Waals surface area contributed by atoms with Crippen molar-refractivity contribution in [1.82, 2.24) is 0 Å². The summed E-state index contributed by atoms with van der Waals surface area (Å²) in [7, 11) is -3.71. The lowest BCUT2D eigenvalue weighted by atomic mass is 10.1. The number of aryl methyl sites for hydroxylation is 1. The van der Waals surface area contributed by atoms with E-state index in [2.05, 4.69) is 27.3 Å². The third kappa shape index (κ3) is 3.82. The first-order valence-electron chi connectivity index (χ1n) is 6.19. The molecular formula is C15H14INO3S. The zero-order valence-corrected chi connectivity index (χ0v) is 14.5. The minimum absolute atomic E-state index is 0.168. The van der Waals surface area contributed by atoms with E-state index < -0.39 is 10.0 Å². The molecule has 0 heterocycles. The molecule has 0 atom stereocenters. The van der Waals surface area contributed by atoms with E-state index in [1.807, 2.05) is 6.92 Å². The summed E-state index contributed by atoms with van der Waals surface area (Å²) < 4.78 is 28.1. The summed E-state index contributed by atoms with van der Waals surface area (Å²) in [5, 5.41) is 0. The van der Waals surface area contributed by atoms with E-state index >= 15 is 0 Å². The Balaban J connectivity index is 2.43. The van der Waals surface area contributed by atoms with Gasteiger partial charge in [-0.15, -0.1) is 0 Å². The van der Waals surface area contributed by atoms with Crippen molar-refractivity contribution in [2.75, 3.05) is 4.72 Å². The molecule has 0 fully saturated rings. The molecule has 2 aromatic carbocycles. The fourth-order valence-electron chi connectivity index (χ4n) is 1.83. The predicted octanol–water partition coefficient (Wildman–Crippen LogP) is 3.60. The summed E-state index contributed by atoms with van der Waals surface area (Å²) in [4.78, 5) is 11.8. The van der Waals surface area contributed by atoms with Crippen LogP contribution in [-0.2, 0) is 10.0 Å². The van der Waals surface area contributed by atoms with Gasteiger partial charge < -0.3 is 0 Å². The molecule has 0 unspecified atom stereocenters. The fraction of sp³-hybridized carbons (Fsp3) is 0.133. The van der Waals surface area contributed by atoms with Crippen molar-refractivity contribution in [2.24, 2.45) is 0 Å². The number of hydrogen-bond acceptors (Lipinski definition) is 3. The quantitative estimate of drug-likeness (QED) is 0.613. The van der Waals surface area contributed by atoms with Gasteiger partial charge in [-0.1, -0.05) is 17.7 Å². The van der Waals surface area contributed by atoms with E-state index in [1.54, 1.807) is 42.5 Å². The SMILES string of the molecule is CC(=O)c1ccc(I)cc1NS(=O)(=O)c1ccc(C)cc1. The van der Waals surface area contributed by atoms with Crippen LogP contribution < -0.4 is 4.72 Å². The molecule has 2 rings (SSSR count). The number of benzene rings is 2. The van der Waals surface area contributed by atoms with Crippen LogP contribution in [0.2, 0.25) is 0 Å². The molecule has 0 radical (unpaired) electrons. The molecule has 0 aromatic heterocycles. The van der Waals surface area contributed by atoms with Crippen LogP contribution in [0.4, 0.5) is 5.69 Å². The second kappa shape index (κ2) is 6.15. The van der Waals surface area contributed by atoms with E-state index in [4.69, 9.17) is 0 Å². The predicted molar refractivity (Wildman–Crippen MR) is 91.2 cm³/mol. The van der Waals surface area contributed by atoms with Crippen molar-refractivity contribution < 1.29 is 13.2 Å². The lowest BCUT2D eigenvalue weighted by molar-refractivity contribution is 0.101. The van der Waals surface area contributed by atoms with Gasteiger partial charge in [0.25, 0.3) is 10.0 Å². The van der Waals surface area contributed by atoms with Gasteiger partial charge in [-0.25, -0.2) is 8.42 Å². The molecule has 110 valence electrons. The number of nitrogens with one attached hydrogen (secondary N) is 1. The fourth-order valence-corrected chi connectivity index (χ4v) is 3.39. The summed E-state index contributed by atoms with van der Waals surface area (Å²) >= 11 is 2.07. The number of carbonyl (C=O) groups excluding carboxylic acids is 1. The molecule has 6 heteroatoms. The van der Waals surface area contributed by atoms with Crippen molar-refractivity contribution in [2.45, 2.75) is 18.7 Å². The molecule has 0 aliphatic carbocycles. The standard InChI is InChI=1S/C15H14INO3S/c1-10-3-6-13(7-4-10)21(19,20)17-15-9-12(16)5-8-14(15)11(2)18/h3-9,17H,1-2H3. The largest absolute Gasteiger partial charge is 0.294 e. The number of rotatable bonds is 4. The Morgan fingerprint density at radius 1 is 1.10 bits per heavy atom. The summed E-state index contributed by atoms with van der Waals surface area (Å²) in [6.07, 6.45) is 0. The Hall–Kier alpha value is -1.41. The van der Waals surface area contributed by atoms with Gasteiger partial charge in [0.15, 0.2) is 5.78 Å². The maximum atomic E-state index is 12.4. The topological polar surface area (TPSA) is 63.2 Å². The number of carbonyl (C=O) groups is 1. The van der Waals surface area contributed by atoms with Crippen molar-refractivity contribution in [1.29, 1.82) is 0 Å². The molecule has 0 aliphatic rings. The summed E-state index contributed by atoms with van der Waals surface area (Å²) in [6, 6.07) is 11.6. The third-order valence-corrected chi connectivity index (χ3v) is 4.99. The Bertz CT molecular complexity index is 783. The van der Waals surface area contributed by atoms with Gasteiger partial charge in [-0.05, 0) is 66.8 Å². The molecule has 0 saturated heterocycles. The summed E-state index contributed by atoms with van der Waals surface area (Å²) in [6.45, 7) is 3.29. The molecule has 4 nitrogen and oxygen atoms in total. The van der Waals surface area contributed by atoms with Crippen LogP contribution in [0.5, 0.6) is 0 Å². The van der Waals surface area contributed by atoms with Crippen LogP contribution in [-0.4, -0.2) is 14.2 Å². The minimum Gasteiger partial charge on any atom is -0.294 e. The van der Waals surface area contributed by atoms with Crippen LogP contribution >= 0.6 is 22.6 Å². The first-order chi connectivity index (χ1) is 9.79. The van der Waals surface area contributed by atoms with E-state index in [1.165, 1.54) is 6.92 Å². The Kier molecular flexibility index (Phi) is 4.67. The van der Waals surface area contributed by atoms with Crippen LogP contribution in [0.1, 0.15) is 22.8 Å². The van der Waals surface area contributed by atoms with Crippen molar-refractivity contribution in [3.63, 3.8) is 0 Å². The molecule has 0 bridgehead atoms. The maximum absolute atomic E-state index is 12.4. The molecule has 2 aromatic rings. The lowest BCUT2D eigenvalue weighted by Gasteiger charge is -2.12. The second-order valence-corrected chi connectivity index (χ2v) is 7.59. The number of anilines is 1. The van der Waals surface area contributed by atoms with Crippen molar-refractivity contribution >= 4 is 44.1 Å². The number of Topliss-reactive ketones (excluding diaryl/α,β-unsaturated/α-hetero) is 1. The first kappa shape index (κ1) is 16.0. The van der Waals surface area contributed by atoms with E-state index in [-0.39, 0.29) is 10.7 Å².